The first kappa shape index (κ1) is 28.1. The molecule has 0 saturated carbocycles. The van der Waals surface area contributed by atoms with Crippen LogP contribution in [0.2, 0.25) is 0 Å². The zero-order valence-electron chi connectivity index (χ0n) is 20.1. The Morgan fingerprint density at radius 3 is 2.32 bits per heavy atom. The molecule has 2 aromatic carbocycles. The van der Waals surface area contributed by atoms with Gasteiger partial charge in [0.25, 0.3) is 0 Å². The molecule has 0 aliphatic carbocycles. The number of rotatable bonds is 9. The van der Waals surface area contributed by atoms with Crippen LogP contribution < -0.4 is 0 Å². The molecule has 2 heterocycles. The van der Waals surface area contributed by atoms with Gasteiger partial charge in [0.2, 0.25) is 0 Å². The van der Waals surface area contributed by atoms with E-state index in [-0.39, 0.29) is 5.56 Å². The van der Waals surface area contributed by atoms with Crippen LogP contribution in [0.15, 0.2) is 60.7 Å². The van der Waals surface area contributed by atoms with Crippen LogP contribution in [-0.2, 0) is 23.7 Å². The highest BCUT2D eigenvalue weighted by molar-refractivity contribution is 5.89. The number of aliphatic hydroxyl groups is 5. The Balaban J connectivity index is 1.33. The lowest BCUT2D eigenvalue weighted by Gasteiger charge is -2.41. The SMILES string of the molecule is N#C[C@H](O[C@@H]1O[C@H](CO[C@@H]2OC[C@](O)(COC(=O)c3ccccc3)[C@H]2O)[C@@H](O)[C@H](O)[C@H]1O)c1ccccc1. The van der Waals surface area contributed by atoms with Gasteiger partial charge in [-0.2, -0.15) is 5.26 Å². The van der Waals surface area contributed by atoms with E-state index in [0.717, 1.165) is 0 Å². The molecule has 204 valence electrons. The van der Waals surface area contributed by atoms with E-state index in [1.807, 2.05) is 6.07 Å². The molecule has 0 amide bonds. The van der Waals surface area contributed by atoms with Crippen molar-refractivity contribution in [2.24, 2.45) is 0 Å². The van der Waals surface area contributed by atoms with Crippen molar-refractivity contribution < 1.29 is 54.0 Å². The van der Waals surface area contributed by atoms with Gasteiger partial charge in [0, 0.05) is 0 Å². The fourth-order valence-corrected chi connectivity index (χ4v) is 4.07. The summed E-state index contributed by atoms with van der Waals surface area (Å²) in [5, 5.41) is 61.8. The smallest absolute Gasteiger partial charge is 0.338 e. The summed E-state index contributed by atoms with van der Waals surface area (Å²) in [4.78, 5) is 12.2. The maximum absolute atomic E-state index is 12.2. The van der Waals surface area contributed by atoms with Crippen LogP contribution in [0.25, 0.3) is 0 Å². The fraction of sp³-hybridized carbons (Fsp3) is 0.462. The molecule has 0 bridgehead atoms. The topological polar surface area (TPSA) is 188 Å². The van der Waals surface area contributed by atoms with Gasteiger partial charge in [-0.1, -0.05) is 48.5 Å². The number of hydrogen-bond acceptors (Lipinski definition) is 12. The molecule has 2 fully saturated rings. The van der Waals surface area contributed by atoms with Crippen molar-refractivity contribution in [2.45, 2.75) is 54.8 Å². The second-order valence-corrected chi connectivity index (χ2v) is 9.07. The lowest BCUT2D eigenvalue weighted by Crippen LogP contribution is -2.59. The van der Waals surface area contributed by atoms with Crippen LogP contribution >= 0.6 is 0 Å². The van der Waals surface area contributed by atoms with Crippen LogP contribution in [0.3, 0.4) is 0 Å². The highest BCUT2D eigenvalue weighted by atomic mass is 16.7. The molecule has 2 aliphatic rings. The van der Waals surface area contributed by atoms with Crippen molar-refractivity contribution in [1.29, 1.82) is 5.26 Å². The Morgan fingerprint density at radius 2 is 1.66 bits per heavy atom. The van der Waals surface area contributed by atoms with E-state index in [1.54, 1.807) is 48.5 Å². The summed E-state index contributed by atoms with van der Waals surface area (Å²) in [6, 6.07) is 18.5. The molecule has 4 rings (SSSR count). The van der Waals surface area contributed by atoms with E-state index in [0.29, 0.717) is 5.56 Å². The number of carbonyl (C=O) groups is 1. The van der Waals surface area contributed by atoms with Crippen LogP contribution in [0.5, 0.6) is 0 Å². The standard InChI is InChI=1S/C26H29NO11/c27-11-17(15-7-3-1-4-8-15)37-24-21(30)20(29)19(28)18(38-24)12-34-25-22(31)26(33,14-36-25)13-35-23(32)16-9-5-2-6-10-16/h1-10,17-22,24-25,28-31,33H,12-14H2/t17-,18+,19+,20-,21+,22-,24+,25+,26+/m0/s1. The Hall–Kier alpha value is -2.96. The van der Waals surface area contributed by atoms with Gasteiger partial charge in [-0.15, -0.1) is 0 Å². The number of carbonyl (C=O) groups excluding carboxylic acids is 1. The van der Waals surface area contributed by atoms with Crippen LogP contribution in [-0.4, -0.2) is 100 Å². The molecular weight excluding hydrogens is 502 g/mol. The molecule has 0 unspecified atom stereocenters. The van der Waals surface area contributed by atoms with E-state index in [2.05, 4.69) is 0 Å². The van der Waals surface area contributed by atoms with Crippen LogP contribution in [0, 0.1) is 11.3 Å². The first-order valence-electron chi connectivity index (χ1n) is 11.9. The first-order chi connectivity index (χ1) is 18.2. The van der Waals surface area contributed by atoms with Gasteiger partial charge >= 0.3 is 5.97 Å². The lowest BCUT2D eigenvalue weighted by atomic mass is 9.99. The Kier molecular flexibility index (Phi) is 9.06. The van der Waals surface area contributed by atoms with Gasteiger partial charge in [-0.05, 0) is 17.7 Å². The van der Waals surface area contributed by atoms with Gasteiger partial charge in [-0.25, -0.2) is 4.79 Å². The number of aliphatic hydroxyl groups excluding tert-OH is 4. The normalized spacial score (nSPS) is 33.8. The summed E-state index contributed by atoms with van der Waals surface area (Å²) in [6.07, 6.45) is -11.9. The molecule has 12 nitrogen and oxygen atoms in total. The molecule has 0 aromatic heterocycles. The van der Waals surface area contributed by atoms with Crippen molar-refractivity contribution in [1.82, 2.24) is 0 Å². The number of nitriles is 1. The highest BCUT2D eigenvalue weighted by Crippen LogP contribution is 2.30. The average molecular weight is 532 g/mol. The summed E-state index contributed by atoms with van der Waals surface area (Å²) in [6.45, 7) is -1.43. The second-order valence-electron chi connectivity index (χ2n) is 9.07. The van der Waals surface area contributed by atoms with Crippen molar-refractivity contribution in [3.8, 4) is 6.07 Å². The molecule has 0 radical (unpaired) electrons. The fourth-order valence-electron chi connectivity index (χ4n) is 4.07. The predicted molar refractivity (Wildman–Crippen MR) is 126 cm³/mol. The zero-order chi connectivity index (χ0) is 27.3. The summed E-state index contributed by atoms with van der Waals surface area (Å²) in [7, 11) is 0. The van der Waals surface area contributed by atoms with E-state index in [4.69, 9.17) is 23.7 Å². The number of nitrogens with zero attached hydrogens (tertiary/aromatic N) is 1. The third kappa shape index (κ3) is 6.19. The maximum atomic E-state index is 12.2. The van der Waals surface area contributed by atoms with Crippen molar-refractivity contribution >= 4 is 5.97 Å². The van der Waals surface area contributed by atoms with Crippen LogP contribution in [0.4, 0.5) is 0 Å². The highest BCUT2D eigenvalue weighted by Gasteiger charge is 2.51. The molecular formula is C26H29NO11. The van der Waals surface area contributed by atoms with Gasteiger partial charge in [0.05, 0.1) is 24.8 Å². The molecule has 2 aliphatic heterocycles. The number of ether oxygens (including phenoxy) is 5. The second kappa shape index (κ2) is 12.3. The predicted octanol–water partition coefficient (Wildman–Crippen LogP) is -0.603. The lowest BCUT2D eigenvalue weighted by molar-refractivity contribution is -0.315. The molecule has 2 aromatic rings. The monoisotopic (exact) mass is 531 g/mol. The Bertz CT molecular complexity index is 1100. The maximum Gasteiger partial charge on any atom is 0.338 e. The number of esters is 1. The quantitative estimate of drug-likeness (QED) is 0.259. The minimum absolute atomic E-state index is 0.268. The summed E-state index contributed by atoms with van der Waals surface area (Å²) in [5.74, 6) is -0.695. The van der Waals surface area contributed by atoms with E-state index >= 15 is 0 Å². The van der Waals surface area contributed by atoms with Crippen LogP contribution in [0.1, 0.15) is 22.0 Å². The number of benzene rings is 2. The third-order valence-electron chi connectivity index (χ3n) is 6.35. The minimum Gasteiger partial charge on any atom is -0.459 e. The Labute approximate surface area is 218 Å². The minimum atomic E-state index is -1.96. The molecule has 9 atom stereocenters. The summed E-state index contributed by atoms with van der Waals surface area (Å²) in [5.41, 5.74) is -1.20. The van der Waals surface area contributed by atoms with Gasteiger partial charge in [0.15, 0.2) is 24.3 Å². The van der Waals surface area contributed by atoms with E-state index in [9.17, 15) is 35.6 Å². The molecule has 0 spiro atoms. The number of hydrogen-bond donors (Lipinski definition) is 5. The molecule has 12 heteroatoms. The third-order valence-corrected chi connectivity index (χ3v) is 6.35. The summed E-state index contributed by atoms with van der Waals surface area (Å²) >= 11 is 0. The van der Waals surface area contributed by atoms with Gasteiger partial charge in [0.1, 0.15) is 37.1 Å². The average Bonchev–Trinajstić information content (AvgIpc) is 3.23. The molecule has 5 N–H and O–H groups in total. The first-order valence-corrected chi connectivity index (χ1v) is 11.9. The van der Waals surface area contributed by atoms with Gasteiger partial charge < -0.3 is 49.2 Å². The summed E-state index contributed by atoms with van der Waals surface area (Å²) < 4.78 is 27.1. The van der Waals surface area contributed by atoms with Crippen molar-refractivity contribution in [2.75, 3.05) is 19.8 Å². The van der Waals surface area contributed by atoms with Crippen molar-refractivity contribution in [3.63, 3.8) is 0 Å². The van der Waals surface area contributed by atoms with E-state index < -0.39 is 80.6 Å². The van der Waals surface area contributed by atoms with Crippen molar-refractivity contribution in [3.05, 3.63) is 71.8 Å². The zero-order valence-corrected chi connectivity index (χ0v) is 20.1. The van der Waals surface area contributed by atoms with Gasteiger partial charge in [-0.3, -0.25) is 0 Å². The molecule has 38 heavy (non-hydrogen) atoms. The Morgan fingerprint density at radius 1 is 1.00 bits per heavy atom. The van der Waals surface area contributed by atoms with E-state index in [1.165, 1.54) is 12.1 Å². The molecule has 2 saturated heterocycles. The largest absolute Gasteiger partial charge is 0.459 e.